The van der Waals surface area contributed by atoms with E-state index < -0.39 is 0 Å². The minimum absolute atomic E-state index is 0.120. The van der Waals surface area contributed by atoms with Crippen molar-refractivity contribution < 1.29 is 4.79 Å². The first kappa shape index (κ1) is 18.6. The highest BCUT2D eigenvalue weighted by molar-refractivity contribution is 5.73. The minimum atomic E-state index is -0.120. The Hall–Kier alpha value is -1.69. The van der Waals surface area contributed by atoms with Crippen molar-refractivity contribution in [1.82, 2.24) is 25.5 Å². The molecule has 1 aliphatic heterocycles. The Morgan fingerprint density at radius 3 is 2.88 bits per heavy atom. The summed E-state index contributed by atoms with van der Waals surface area (Å²) in [4.78, 5) is 23.2. The Morgan fingerprint density at radius 1 is 1.29 bits per heavy atom. The number of likely N-dealkylation sites (tertiary alicyclic amines) is 1. The molecule has 0 aromatic carbocycles. The Balaban J connectivity index is 1.75. The van der Waals surface area contributed by atoms with Gasteiger partial charge in [0.05, 0.1) is 12.2 Å². The number of amides is 2. The number of rotatable bonds is 7. The maximum atomic E-state index is 12.1. The molecule has 6 nitrogen and oxygen atoms in total. The molecular weight excluding hydrogens is 302 g/mol. The number of piperidine rings is 1. The molecule has 1 atom stereocenters. The number of hydrogen-bond donors (Lipinski definition) is 2. The molecule has 0 aliphatic carbocycles. The van der Waals surface area contributed by atoms with Crippen LogP contribution in [0, 0.1) is 13.8 Å². The molecule has 0 spiro atoms. The summed E-state index contributed by atoms with van der Waals surface area (Å²) >= 11 is 0. The second-order valence-corrected chi connectivity index (χ2v) is 6.65. The number of nitrogens with one attached hydrogen (secondary N) is 2. The van der Waals surface area contributed by atoms with Crippen LogP contribution in [0.2, 0.25) is 0 Å². The number of nitrogens with zero attached hydrogens (tertiary/aromatic N) is 3. The van der Waals surface area contributed by atoms with Gasteiger partial charge in [-0.05, 0) is 52.3 Å². The predicted molar refractivity (Wildman–Crippen MR) is 95.9 cm³/mol. The predicted octanol–water partition coefficient (Wildman–Crippen LogP) is 2.55. The highest BCUT2D eigenvalue weighted by Gasteiger charge is 2.22. The fraction of sp³-hybridized carbons (Fsp3) is 0.722. The number of hydrogen-bond acceptors (Lipinski definition) is 4. The molecule has 0 radical (unpaired) electrons. The molecule has 0 bridgehead atoms. The van der Waals surface area contributed by atoms with Gasteiger partial charge < -0.3 is 10.6 Å². The van der Waals surface area contributed by atoms with Gasteiger partial charge in [-0.2, -0.15) is 0 Å². The Labute approximate surface area is 145 Å². The Kier molecular flexibility index (Phi) is 7.43. The SMILES string of the molecule is CCCCN1CCCC[C@H]1CNC(=O)NCc1cc(C)nc(C)n1. The van der Waals surface area contributed by atoms with E-state index >= 15 is 0 Å². The molecule has 2 rings (SSSR count). The van der Waals surface area contributed by atoms with Gasteiger partial charge in [0.25, 0.3) is 0 Å². The summed E-state index contributed by atoms with van der Waals surface area (Å²) in [6.07, 6.45) is 6.16. The van der Waals surface area contributed by atoms with Crippen LogP contribution in [0.25, 0.3) is 0 Å². The summed E-state index contributed by atoms with van der Waals surface area (Å²) in [7, 11) is 0. The van der Waals surface area contributed by atoms with E-state index in [0.29, 0.717) is 12.6 Å². The van der Waals surface area contributed by atoms with Crippen LogP contribution >= 0.6 is 0 Å². The van der Waals surface area contributed by atoms with Crippen LogP contribution in [0.3, 0.4) is 0 Å². The van der Waals surface area contributed by atoms with Crippen molar-refractivity contribution in [3.8, 4) is 0 Å². The maximum absolute atomic E-state index is 12.1. The van der Waals surface area contributed by atoms with Crippen LogP contribution in [-0.2, 0) is 6.54 Å². The lowest BCUT2D eigenvalue weighted by Crippen LogP contribution is -2.48. The molecule has 6 heteroatoms. The average molecular weight is 333 g/mol. The number of unbranched alkanes of at least 4 members (excludes halogenated alkanes) is 1. The monoisotopic (exact) mass is 333 g/mol. The Bertz CT molecular complexity index is 514. The normalized spacial score (nSPS) is 18.4. The number of aromatic nitrogens is 2. The zero-order valence-electron chi connectivity index (χ0n) is 15.3. The minimum Gasteiger partial charge on any atom is -0.337 e. The van der Waals surface area contributed by atoms with E-state index in [9.17, 15) is 4.79 Å². The molecule has 2 amide bonds. The average Bonchev–Trinajstić information content (AvgIpc) is 2.56. The van der Waals surface area contributed by atoms with Crippen LogP contribution in [0.1, 0.15) is 56.2 Å². The van der Waals surface area contributed by atoms with Gasteiger partial charge in [0.1, 0.15) is 5.82 Å². The van der Waals surface area contributed by atoms with Crippen molar-refractivity contribution in [2.45, 2.75) is 65.5 Å². The third kappa shape index (κ3) is 6.07. The van der Waals surface area contributed by atoms with Crippen molar-refractivity contribution in [1.29, 1.82) is 0 Å². The first-order chi connectivity index (χ1) is 11.6. The largest absolute Gasteiger partial charge is 0.337 e. The van der Waals surface area contributed by atoms with Crippen molar-refractivity contribution in [3.63, 3.8) is 0 Å². The number of carbonyl (C=O) groups excluding carboxylic acids is 1. The van der Waals surface area contributed by atoms with E-state index in [4.69, 9.17) is 0 Å². The number of carbonyl (C=O) groups is 1. The van der Waals surface area contributed by atoms with Crippen LogP contribution in [0.5, 0.6) is 0 Å². The molecule has 2 heterocycles. The van der Waals surface area contributed by atoms with E-state index in [1.165, 1.54) is 32.1 Å². The van der Waals surface area contributed by atoms with Gasteiger partial charge in [-0.15, -0.1) is 0 Å². The van der Waals surface area contributed by atoms with Gasteiger partial charge in [0.2, 0.25) is 0 Å². The zero-order chi connectivity index (χ0) is 17.4. The number of aryl methyl sites for hydroxylation is 2. The standard InChI is InChI=1S/C18H31N5O/c1-4-5-9-23-10-7-6-8-17(23)13-20-18(24)19-12-16-11-14(2)21-15(3)22-16/h11,17H,4-10,12-13H2,1-3H3,(H2,19,20,24)/t17-/m0/s1. The smallest absolute Gasteiger partial charge is 0.315 e. The molecule has 1 aromatic rings. The third-order valence-electron chi connectivity index (χ3n) is 4.50. The summed E-state index contributed by atoms with van der Waals surface area (Å²) in [6.45, 7) is 9.48. The third-order valence-corrected chi connectivity index (χ3v) is 4.50. The molecular formula is C18H31N5O. The first-order valence-electron chi connectivity index (χ1n) is 9.15. The second-order valence-electron chi connectivity index (χ2n) is 6.65. The van der Waals surface area contributed by atoms with Gasteiger partial charge in [0, 0.05) is 18.3 Å². The summed E-state index contributed by atoms with van der Waals surface area (Å²) in [6, 6.07) is 2.26. The summed E-state index contributed by atoms with van der Waals surface area (Å²) in [5, 5.41) is 5.92. The molecule has 24 heavy (non-hydrogen) atoms. The molecule has 134 valence electrons. The van der Waals surface area contributed by atoms with Crippen LogP contribution in [0.4, 0.5) is 4.79 Å². The van der Waals surface area contributed by atoms with Gasteiger partial charge in [-0.1, -0.05) is 19.8 Å². The maximum Gasteiger partial charge on any atom is 0.315 e. The van der Waals surface area contributed by atoms with Crippen molar-refractivity contribution in [3.05, 3.63) is 23.3 Å². The van der Waals surface area contributed by atoms with E-state index in [0.717, 1.165) is 36.8 Å². The van der Waals surface area contributed by atoms with Crippen LogP contribution in [0.15, 0.2) is 6.07 Å². The zero-order valence-corrected chi connectivity index (χ0v) is 15.3. The first-order valence-corrected chi connectivity index (χ1v) is 9.15. The molecule has 0 unspecified atom stereocenters. The Morgan fingerprint density at radius 2 is 2.12 bits per heavy atom. The van der Waals surface area contributed by atoms with Crippen molar-refractivity contribution in [2.24, 2.45) is 0 Å². The van der Waals surface area contributed by atoms with Gasteiger partial charge >= 0.3 is 6.03 Å². The molecule has 1 aliphatic rings. The van der Waals surface area contributed by atoms with Crippen molar-refractivity contribution >= 4 is 6.03 Å². The van der Waals surface area contributed by atoms with Gasteiger partial charge in [0.15, 0.2) is 0 Å². The molecule has 2 N–H and O–H groups in total. The quantitative estimate of drug-likeness (QED) is 0.804. The highest BCUT2D eigenvalue weighted by Crippen LogP contribution is 2.17. The topological polar surface area (TPSA) is 70.2 Å². The van der Waals surface area contributed by atoms with E-state index in [1.807, 2.05) is 19.9 Å². The van der Waals surface area contributed by atoms with Crippen LogP contribution in [-0.4, -0.2) is 46.6 Å². The molecule has 0 saturated carbocycles. The van der Waals surface area contributed by atoms with Gasteiger partial charge in [-0.3, -0.25) is 4.90 Å². The fourth-order valence-corrected chi connectivity index (χ4v) is 3.27. The molecule has 1 aromatic heterocycles. The van der Waals surface area contributed by atoms with E-state index in [2.05, 4.69) is 32.4 Å². The molecule has 1 fully saturated rings. The summed E-state index contributed by atoms with van der Waals surface area (Å²) in [5.41, 5.74) is 1.77. The summed E-state index contributed by atoms with van der Waals surface area (Å²) < 4.78 is 0. The summed E-state index contributed by atoms with van der Waals surface area (Å²) in [5.74, 6) is 0.737. The second kappa shape index (κ2) is 9.57. The lowest BCUT2D eigenvalue weighted by molar-refractivity contribution is 0.144. The van der Waals surface area contributed by atoms with Gasteiger partial charge in [-0.25, -0.2) is 14.8 Å². The lowest BCUT2D eigenvalue weighted by atomic mass is 10.0. The van der Waals surface area contributed by atoms with E-state index in [1.54, 1.807) is 0 Å². The fourth-order valence-electron chi connectivity index (χ4n) is 3.27. The number of urea groups is 1. The van der Waals surface area contributed by atoms with E-state index in [-0.39, 0.29) is 6.03 Å². The van der Waals surface area contributed by atoms with Crippen LogP contribution < -0.4 is 10.6 Å². The highest BCUT2D eigenvalue weighted by atomic mass is 16.2. The lowest BCUT2D eigenvalue weighted by Gasteiger charge is -2.35. The molecule has 1 saturated heterocycles. The van der Waals surface area contributed by atoms with Crippen molar-refractivity contribution in [2.75, 3.05) is 19.6 Å².